The van der Waals surface area contributed by atoms with Crippen LogP contribution >= 0.6 is 22.6 Å². The Morgan fingerprint density at radius 2 is 2.00 bits per heavy atom. The van der Waals surface area contributed by atoms with Gasteiger partial charge in [0.15, 0.2) is 6.29 Å². The Morgan fingerprint density at radius 1 is 1.22 bits per heavy atom. The van der Waals surface area contributed by atoms with Crippen LogP contribution in [-0.4, -0.2) is 6.29 Å². The monoisotopic (exact) mass is 356 g/mol. The van der Waals surface area contributed by atoms with Crippen LogP contribution in [0, 0.1) is 9.39 Å². The van der Waals surface area contributed by atoms with Crippen LogP contribution in [0.25, 0.3) is 0 Å². The molecule has 0 bridgehead atoms. The van der Waals surface area contributed by atoms with Crippen molar-refractivity contribution in [3.05, 3.63) is 63.0 Å². The fourth-order valence-corrected chi connectivity index (χ4v) is 2.06. The zero-order chi connectivity index (χ0) is 13.0. The summed E-state index contributed by atoms with van der Waals surface area (Å²) in [6.45, 7) is 0.353. The van der Waals surface area contributed by atoms with E-state index in [1.165, 1.54) is 12.1 Å². The summed E-state index contributed by atoms with van der Waals surface area (Å²) in [7, 11) is 0. The van der Waals surface area contributed by atoms with Gasteiger partial charge in [-0.3, -0.25) is 4.79 Å². The Labute approximate surface area is 118 Å². The van der Waals surface area contributed by atoms with E-state index in [0.717, 1.165) is 15.2 Å². The third-order valence-corrected chi connectivity index (χ3v) is 3.49. The van der Waals surface area contributed by atoms with Crippen LogP contribution < -0.4 is 4.74 Å². The highest BCUT2D eigenvalue weighted by Crippen LogP contribution is 2.20. The first-order valence-corrected chi connectivity index (χ1v) is 6.39. The second-order valence-corrected chi connectivity index (χ2v) is 4.84. The molecule has 0 aliphatic heterocycles. The van der Waals surface area contributed by atoms with Gasteiger partial charge in [-0.15, -0.1) is 0 Å². The van der Waals surface area contributed by atoms with Crippen molar-refractivity contribution in [3.63, 3.8) is 0 Å². The van der Waals surface area contributed by atoms with E-state index >= 15 is 0 Å². The van der Waals surface area contributed by atoms with E-state index in [2.05, 4.69) is 22.6 Å². The van der Waals surface area contributed by atoms with Gasteiger partial charge in [0.1, 0.15) is 18.2 Å². The summed E-state index contributed by atoms with van der Waals surface area (Å²) in [6, 6.07) is 11.7. The molecule has 0 unspecified atom stereocenters. The molecule has 0 aliphatic rings. The van der Waals surface area contributed by atoms with Crippen molar-refractivity contribution in [1.29, 1.82) is 0 Å². The molecule has 4 heteroatoms. The summed E-state index contributed by atoms with van der Waals surface area (Å²) in [5.41, 5.74) is 1.25. The van der Waals surface area contributed by atoms with Gasteiger partial charge in [-0.25, -0.2) is 4.39 Å². The maximum absolute atomic E-state index is 12.9. The highest BCUT2D eigenvalue weighted by Gasteiger charge is 2.06. The third kappa shape index (κ3) is 3.07. The number of carbonyl (C=O) groups excluding carboxylic acids is 1. The molecule has 0 saturated heterocycles. The number of halogens is 2. The maximum Gasteiger partial charge on any atom is 0.153 e. The lowest BCUT2D eigenvalue weighted by molar-refractivity contribution is 0.111. The van der Waals surface area contributed by atoms with Crippen LogP contribution in [0.15, 0.2) is 42.5 Å². The molecule has 2 aromatic carbocycles. The van der Waals surface area contributed by atoms with Crippen molar-refractivity contribution in [2.24, 2.45) is 0 Å². The Hall–Kier alpha value is -1.43. The molecule has 0 fully saturated rings. The molecular weight excluding hydrogens is 346 g/mol. The number of ether oxygens (including phenoxy) is 1. The van der Waals surface area contributed by atoms with Crippen molar-refractivity contribution in [2.45, 2.75) is 6.61 Å². The van der Waals surface area contributed by atoms with Crippen LogP contribution in [0.4, 0.5) is 4.39 Å². The molecule has 0 heterocycles. The van der Waals surface area contributed by atoms with E-state index in [-0.39, 0.29) is 5.56 Å². The van der Waals surface area contributed by atoms with E-state index < -0.39 is 5.82 Å². The normalized spacial score (nSPS) is 10.1. The van der Waals surface area contributed by atoms with E-state index in [1.54, 1.807) is 0 Å². The molecule has 0 N–H and O–H groups in total. The quantitative estimate of drug-likeness (QED) is 0.615. The van der Waals surface area contributed by atoms with Crippen molar-refractivity contribution in [2.75, 3.05) is 0 Å². The first-order valence-electron chi connectivity index (χ1n) is 5.31. The van der Waals surface area contributed by atoms with Crippen molar-refractivity contribution in [3.8, 4) is 5.75 Å². The maximum atomic E-state index is 12.9. The second kappa shape index (κ2) is 5.95. The molecule has 0 spiro atoms. The molecule has 0 amide bonds. The highest BCUT2D eigenvalue weighted by atomic mass is 127. The molecule has 0 radical (unpaired) electrons. The van der Waals surface area contributed by atoms with Gasteiger partial charge in [-0.1, -0.05) is 18.2 Å². The molecule has 0 atom stereocenters. The molecule has 0 aliphatic carbocycles. The zero-order valence-corrected chi connectivity index (χ0v) is 11.6. The van der Waals surface area contributed by atoms with Gasteiger partial charge in [0.25, 0.3) is 0 Å². The third-order valence-electron chi connectivity index (χ3n) is 2.44. The minimum absolute atomic E-state index is 0.223. The van der Waals surface area contributed by atoms with E-state index in [9.17, 15) is 9.18 Å². The van der Waals surface area contributed by atoms with Crippen LogP contribution in [0.3, 0.4) is 0 Å². The minimum atomic E-state index is -0.446. The van der Waals surface area contributed by atoms with E-state index in [0.29, 0.717) is 18.6 Å². The smallest absolute Gasteiger partial charge is 0.153 e. The highest BCUT2D eigenvalue weighted by molar-refractivity contribution is 14.1. The Morgan fingerprint density at radius 3 is 2.72 bits per heavy atom. The minimum Gasteiger partial charge on any atom is -0.488 e. The number of aldehydes is 1. The lowest BCUT2D eigenvalue weighted by Gasteiger charge is -2.09. The van der Waals surface area contributed by atoms with Gasteiger partial charge in [-0.05, 0) is 46.9 Å². The molecule has 2 aromatic rings. The fraction of sp³-hybridized carbons (Fsp3) is 0.0714. The number of benzene rings is 2. The summed E-state index contributed by atoms with van der Waals surface area (Å²) in [4.78, 5) is 10.8. The van der Waals surface area contributed by atoms with Crippen molar-refractivity contribution >= 4 is 28.9 Å². The standard InChI is InChI=1S/C14H10FIO2/c15-12-5-6-14(11(7-12)8-17)18-9-10-3-1-2-4-13(10)16/h1-8H,9H2. The largest absolute Gasteiger partial charge is 0.488 e. The first-order chi connectivity index (χ1) is 8.70. The van der Waals surface area contributed by atoms with Gasteiger partial charge in [0.05, 0.1) is 5.56 Å². The second-order valence-electron chi connectivity index (χ2n) is 3.68. The molecule has 0 aromatic heterocycles. The average molecular weight is 356 g/mol. The predicted molar refractivity (Wildman–Crippen MR) is 75.3 cm³/mol. The molecule has 2 nitrogen and oxygen atoms in total. The SMILES string of the molecule is O=Cc1cc(F)ccc1OCc1ccccc1I. The van der Waals surface area contributed by atoms with Gasteiger partial charge in [0, 0.05) is 9.13 Å². The van der Waals surface area contributed by atoms with Crippen LogP contribution in [0.1, 0.15) is 15.9 Å². The van der Waals surface area contributed by atoms with E-state index in [4.69, 9.17) is 4.74 Å². The van der Waals surface area contributed by atoms with E-state index in [1.807, 2.05) is 24.3 Å². The molecule has 92 valence electrons. The summed E-state index contributed by atoms with van der Waals surface area (Å²) in [5.74, 6) is -0.0511. The number of hydrogen-bond acceptors (Lipinski definition) is 2. The van der Waals surface area contributed by atoms with Gasteiger partial charge >= 0.3 is 0 Å². The Kier molecular flexibility index (Phi) is 4.30. The first kappa shape index (κ1) is 13.0. The molecule has 2 rings (SSSR count). The van der Waals surface area contributed by atoms with Gasteiger partial charge < -0.3 is 4.74 Å². The Balaban J connectivity index is 2.16. The molecule has 18 heavy (non-hydrogen) atoms. The van der Waals surface area contributed by atoms with Crippen LogP contribution in [-0.2, 0) is 6.61 Å². The van der Waals surface area contributed by atoms with Crippen LogP contribution in [0.2, 0.25) is 0 Å². The van der Waals surface area contributed by atoms with Crippen molar-refractivity contribution < 1.29 is 13.9 Å². The summed E-state index contributed by atoms with van der Waals surface area (Å²) in [6.07, 6.45) is 0.592. The lowest BCUT2D eigenvalue weighted by Crippen LogP contribution is -2.00. The summed E-state index contributed by atoms with van der Waals surface area (Å²) >= 11 is 2.22. The zero-order valence-electron chi connectivity index (χ0n) is 9.40. The fourth-order valence-electron chi connectivity index (χ4n) is 1.51. The summed E-state index contributed by atoms with van der Waals surface area (Å²) in [5, 5.41) is 0. The number of rotatable bonds is 4. The van der Waals surface area contributed by atoms with Crippen LogP contribution in [0.5, 0.6) is 5.75 Å². The molecular formula is C14H10FIO2. The van der Waals surface area contributed by atoms with Crippen molar-refractivity contribution in [1.82, 2.24) is 0 Å². The molecule has 0 saturated carbocycles. The topological polar surface area (TPSA) is 26.3 Å². The number of carbonyl (C=O) groups is 1. The average Bonchev–Trinajstić information content (AvgIpc) is 2.39. The predicted octanol–water partition coefficient (Wildman–Crippen LogP) is 3.82. The lowest BCUT2D eigenvalue weighted by atomic mass is 10.2. The summed E-state index contributed by atoms with van der Waals surface area (Å²) < 4.78 is 19.6. The number of hydrogen-bond donors (Lipinski definition) is 0. The van der Waals surface area contributed by atoms with Gasteiger partial charge in [-0.2, -0.15) is 0 Å². The Bertz CT molecular complexity index is 569. The van der Waals surface area contributed by atoms with Gasteiger partial charge in [0.2, 0.25) is 0 Å².